The number of methoxy groups -OCH3 is 1. The largest absolute Gasteiger partial charge is 0.455 e. The van der Waals surface area contributed by atoms with Crippen LogP contribution in [-0.2, 0) is 11.3 Å². The number of hydrogen-bond donors (Lipinski definition) is 1. The first kappa shape index (κ1) is 15.9. The molecule has 0 aliphatic carbocycles. The molecule has 0 aliphatic rings. The van der Waals surface area contributed by atoms with Crippen molar-refractivity contribution < 1.29 is 9.47 Å². The molecular weight excluding hydrogens is 306 g/mol. The Balaban J connectivity index is 1.80. The minimum absolute atomic E-state index is 0.471. The molecule has 0 aliphatic heterocycles. The summed E-state index contributed by atoms with van der Waals surface area (Å²) in [5, 5.41) is 4.30. The van der Waals surface area contributed by atoms with E-state index in [4.69, 9.17) is 15.2 Å². The second-order valence-corrected chi connectivity index (χ2v) is 5.28. The lowest BCUT2D eigenvalue weighted by molar-refractivity contribution is 0.183. The molecule has 7 nitrogen and oxygen atoms in total. The van der Waals surface area contributed by atoms with Gasteiger partial charge in [0.15, 0.2) is 0 Å². The van der Waals surface area contributed by atoms with Crippen molar-refractivity contribution in [3.63, 3.8) is 0 Å². The minimum atomic E-state index is 0.471. The summed E-state index contributed by atoms with van der Waals surface area (Å²) < 4.78 is 12.8. The zero-order chi connectivity index (χ0) is 16.9. The molecule has 3 aromatic heterocycles. The molecule has 7 heteroatoms. The standard InChI is InChI=1S/C17H19N5O2/c1-12-16(3-4-17(18)21-12)24-14-5-6-19-15(9-14)13-10-20-22(11-13)7-8-23-2/h3-6,9-11H,7-8H2,1-2H3,(H2,18,21). The molecule has 0 spiro atoms. The molecule has 3 rings (SSSR count). The van der Waals surface area contributed by atoms with E-state index in [1.165, 1.54) is 0 Å². The predicted octanol–water partition coefficient (Wildman–Crippen LogP) is 2.67. The van der Waals surface area contributed by atoms with Crippen molar-refractivity contribution in [1.29, 1.82) is 0 Å². The Hall–Kier alpha value is -2.93. The van der Waals surface area contributed by atoms with Crippen LogP contribution in [0.1, 0.15) is 5.69 Å². The zero-order valence-electron chi connectivity index (χ0n) is 13.6. The van der Waals surface area contributed by atoms with Crippen LogP contribution in [0.25, 0.3) is 11.3 Å². The molecule has 0 fully saturated rings. The van der Waals surface area contributed by atoms with Gasteiger partial charge in [0.05, 0.1) is 30.7 Å². The Morgan fingerprint density at radius 3 is 2.92 bits per heavy atom. The topological polar surface area (TPSA) is 88.1 Å². The highest BCUT2D eigenvalue weighted by molar-refractivity contribution is 5.59. The van der Waals surface area contributed by atoms with Gasteiger partial charge in [0, 0.05) is 31.1 Å². The molecule has 124 valence electrons. The number of nitrogens with two attached hydrogens (primary N) is 1. The lowest BCUT2D eigenvalue weighted by atomic mass is 10.2. The summed E-state index contributed by atoms with van der Waals surface area (Å²) in [4.78, 5) is 8.58. The van der Waals surface area contributed by atoms with E-state index in [-0.39, 0.29) is 0 Å². The summed E-state index contributed by atoms with van der Waals surface area (Å²) >= 11 is 0. The average molecular weight is 325 g/mol. The first-order valence-corrected chi connectivity index (χ1v) is 7.54. The second-order valence-electron chi connectivity index (χ2n) is 5.28. The summed E-state index contributed by atoms with van der Waals surface area (Å²) in [6, 6.07) is 7.19. The van der Waals surface area contributed by atoms with Gasteiger partial charge in [-0.3, -0.25) is 9.67 Å². The third-order valence-corrected chi connectivity index (χ3v) is 3.47. The number of ether oxygens (including phenoxy) is 2. The smallest absolute Gasteiger partial charge is 0.148 e. The molecule has 0 amide bonds. The van der Waals surface area contributed by atoms with Gasteiger partial charge in [-0.2, -0.15) is 5.10 Å². The van der Waals surface area contributed by atoms with Crippen molar-refractivity contribution in [3.05, 3.63) is 48.5 Å². The number of rotatable bonds is 6. The molecule has 0 aromatic carbocycles. The van der Waals surface area contributed by atoms with Crippen molar-refractivity contribution >= 4 is 5.82 Å². The van der Waals surface area contributed by atoms with Crippen LogP contribution >= 0.6 is 0 Å². The van der Waals surface area contributed by atoms with E-state index in [9.17, 15) is 0 Å². The predicted molar refractivity (Wildman–Crippen MR) is 90.8 cm³/mol. The maximum atomic E-state index is 5.89. The number of pyridine rings is 2. The van der Waals surface area contributed by atoms with Gasteiger partial charge in [0.1, 0.15) is 17.3 Å². The van der Waals surface area contributed by atoms with Gasteiger partial charge in [-0.05, 0) is 25.1 Å². The quantitative estimate of drug-likeness (QED) is 0.749. The molecule has 0 saturated carbocycles. The Morgan fingerprint density at radius 2 is 2.12 bits per heavy atom. The molecule has 0 atom stereocenters. The van der Waals surface area contributed by atoms with Crippen LogP contribution < -0.4 is 10.5 Å². The van der Waals surface area contributed by atoms with E-state index in [2.05, 4.69) is 15.1 Å². The number of aryl methyl sites for hydroxylation is 1. The first-order chi connectivity index (χ1) is 11.7. The Kier molecular flexibility index (Phi) is 4.72. The minimum Gasteiger partial charge on any atom is -0.455 e. The third kappa shape index (κ3) is 3.69. The normalized spacial score (nSPS) is 10.8. The van der Waals surface area contributed by atoms with Gasteiger partial charge in [-0.15, -0.1) is 0 Å². The Morgan fingerprint density at radius 1 is 1.25 bits per heavy atom. The van der Waals surface area contributed by atoms with Crippen LogP contribution in [0.4, 0.5) is 5.82 Å². The van der Waals surface area contributed by atoms with Crippen molar-refractivity contribution in [3.8, 4) is 22.8 Å². The summed E-state index contributed by atoms with van der Waals surface area (Å²) in [5.41, 5.74) is 8.11. The summed E-state index contributed by atoms with van der Waals surface area (Å²) in [5.74, 6) is 1.81. The number of anilines is 1. The van der Waals surface area contributed by atoms with Crippen LogP contribution in [0.15, 0.2) is 42.9 Å². The molecule has 0 unspecified atom stereocenters. The molecular formula is C17H19N5O2. The van der Waals surface area contributed by atoms with Gasteiger partial charge in [0.2, 0.25) is 0 Å². The summed E-state index contributed by atoms with van der Waals surface area (Å²) in [7, 11) is 1.67. The zero-order valence-corrected chi connectivity index (χ0v) is 13.6. The van der Waals surface area contributed by atoms with Gasteiger partial charge in [0.25, 0.3) is 0 Å². The number of nitrogens with zero attached hydrogens (tertiary/aromatic N) is 4. The van der Waals surface area contributed by atoms with Crippen LogP contribution in [0.5, 0.6) is 11.5 Å². The summed E-state index contributed by atoms with van der Waals surface area (Å²) in [6.07, 6.45) is 5.41. The molecule has 0 bridgehead atoms. The molecule has 3 heterocycles. The van der Waals surface area contributed by atoms with Crippen molar-refractivity contribution in [2.45, 2.75) is 13.5 Å². The average Bonchev–Trinajstić information content (AvgIpc) is 3.05. The maximum absolute atomic E-state index is 5.89. The van der Waals surface area contributed by atoms with E-state index in [1.54, 1.807) is 37.7 Å². The highest BCUT2D eigenvalue weighted by atomic mass is 16.5. The monoisotopic (exact) mass is 325 g/mol. The fourth-order valence-corrected chi connectivity index (χ4v) is 2.24. The number of nitrogen functional groups attached to an aromatic ring is 1. The Labute approximate surface area is 140 Å². The maximum Gasteiger partial charge on any atom is 0.148 e. The van der Waals surface area contributed by atoms with Crippen LogP contribution in [-0.4, -0.2) is 33.5 Å². The fourth-order valence-electron chi connectivity index (χ4n) is 2.24. The van der Waals surface area contributed by atoms with Gasteiger partial charge in [-0.1, -0.05) is 0 Å². The van der Waals surface area contributed by atoms with Crippen LogP contribution in [0.3, 0.4) is 0 Å². The molecule has 0 saturated heterocycles. The van der Waals surface area contributed by atoms with E-state index in [1.807, 2.05) is 23.9 Å². The van der Waals surface area contributed by atoms with Gasteiger partial charge in [-0.25, -0.2) is 4.98 Å². The van der Waals surface area contributed by atoms with E-state index in [0.29, 0.717) is 30.5 Å². The SMILES string of the molecule is COCCn1cc(-c2cc(Oc3ccc(N)nc3C)ccn2)cn1. The van der Waals surface area contributed by atoms with E-state index < -0.39 is 0 Å². The van der Waals surface area contributed by atoms with E-state index >= 15 is 0 Å². The first-order valence-electron chi connectivity index (χ1n) is 7.54. The van der Waals surface area contributed by atoms with Crippen molar-refractivity contribution in [2.24, 2.45) is 0 Å². The molecule has 3 aromatic rings. The lowest BCUT2D eigenvalue weighted by Crippen LogP contribution is -2.03. The van der Waals surface area contributed by atoms with E-state index in [0.717, 1.165) is 17.0 Å². The van der Waals surface area contributed by atoms with Crippen LogP contribution in [0, 0.1) is 6.92 Å². The van der Waals surface area contributed by atoms with Crippen LogP contribution in [0.2, 0.25) is 0 Å². The Bertz CT molecular complexity index is 831. The highest BCUT2D eigenvalue weighted by Crippen LogP contribution is 2.27. The summed E-state index contributed by atoms with van der Waals surface area (Å²) in [6.45, 7) is 3.16. The highest BCUT2D eigenvalue weighted by Gasteiger charge is 2.07. The molecule has 0 radical (unpaired) electrons. The lowest BCUT2D eigenvalue weighted by Gasteiger charge is -2.09. The van der Waals surface area contributed by atoms with Gasteiger partial charge < -0.3 is 15.2 Å². The second kappa shape index (κ2) is 7.10. The number of hydrogen-bond acceptors (Lipinski definition) is 6. The van der Waals surface area contributed by atoms with Gasteiger partial charge >= 0.3 is 0 Å². The fraction of sp³-hybridized carbons (Fsp3) is 0.235. The number of aromatic nitrogens is 4. The van der Waals surface area contributed by atoms with Crippen molar-refractivity contribution in [2.75, 3.05) is 19.5 Å². The molecule has 2 N–H and O–H groups in total. The molecule has 24 heavy (non-hydrogen) atoms. The van der Waals surface area contributed by atoms with Crippen molar-refractivity contribution in [1.82, 2.24) is 19.7 Å². The third-order valence-electron chi connectivity index (χ3n) is 3.47.